The summed E-state index contributed by atoms with van der Waals surface area (Å²) < 4.78 is 12.1. The van der Waals surface area contributed by atoms with E-state index < -0.39 is 12.1 Å². The molecule has 0 spiro atoms. The molecular formula is C26H30N2O5. The molecule has 2 aromatic carbocycles. The number of fused-ring (bicyclic) bond motifs is 1. The van der Waals surface area contributed by atoms with Gasteiger partial charge in [0.1, 0.15) is 12.3 Å². The smallest absolute Gasteiger partial charge is 0.347 e. The zero-order valence-electron chi connectivity index (χ0n) is 19.3. The van der Waals surface area contributed by atoms with Crippen LogP contribution in [0, 0.1) is 0 Å². The van der Waals surface area contributed by atoms with Gasteiger partial charge in [-0.2, -0.15) is 0 Å². The molecule has 1 atom stereocenters. The van der Waals surface area contributed by atoms with E-state index in [0.717, 1.165) is 19.3 Å². The number of nitrogens with zero attached hydrogens (tertiary/aromatic N) is 1. The Morgan fingerprint density at radius 3 is 2.48 bits per heavy atom. The van der Waals surface area contributed by atoms with Crippen LogP contribution >= 0.6 is 0 Å². The van der Waals surface area contributed by atoms with Gasteiger partial charge in [-0.3, -0.25) is 9.59 Å². The lowest BCUT2D eigenvalue weighted by Gasteiger charge is -2.15. The first-order valence-corrected chi connectivity index (χ1v) is 11.3. The number of hydrogen-bond acceptors (Lipinski definition) is 5. The van der Waals surface area contributed by atoms with Crippen molar-refractivity contribution < 1.29 is 19.1 Å². The molecule has 3 aromatic rings. The lowest BCUT2D eigenvalue weighted by Crippen LogP contribution is -2.28. The molecule has 0 saturated heterocycles. The monoisotopic (exact) mass is 450 g/mol. The number of carbonyl (C=O) groups excluding carboxylic acids is 2. The summed E-state index contributed by atoms with van der Waals surface area (Å²) >= 11 is 0. The number of anilines is 1. The highest BCUT2D eigenvalue weighted by molar-refractivity contribution is 5.91. The number of carbonyl (C=O) groups is 2. The molecule has 1 heterocycles. The fraction of sp³-hybridized carbons (Fsp3) is 0.346. The molecule has 1 N–H and O–H groups in total. The Balaban J connectivity index is 1.72. The fourth-order valence-electron chi connectivity index (χ4n) is 3.51. The average molecular weight is 451 g/mol. The predicted molar refractivity (Wildman–Crippen MR) is 129 cm³/mol. The molecule has 0 unspecified atom stereocenters. The van der Waals surface area contributed by atoms with Gasteiger partial charge in [-0.1, -0.05) is 31.5 Å². The first kappa shape index (κ1) is 24.0. The third kappa shape index (κ3) is 6.22. The van der Waals surface area contributed by atoms with E-state index in [9.17, 15) is 14.4 Å². The van der Waals surface area contributed by atoms with Crippen LogP contribution in [0.3, 0.4) is 0 Å². The number of nitrogens with one attached hydrogen (secondary N) is 1. The zero-order valence-corrected chi connectivity index (χ0v) is 19.3. The molecule has 0 saturated carbocycles. The largest absolute Gasteiger partial charge is 0.478 e. The van der Waals surface area contributed by atoms with Gasteiger partial charge in [-0.05, 0) is 62.6 Å². The van der Waals surface area contributed by atoms with E-state index in [1.54, 1.807) is 44.3 Å². The predicted octanol–water partition coefficient (Wildman–Crippen LogP) is 4.31. The first-order valence-electron chi connectivity index (χ1n) is 11.3. The number of hydrogen-bond donors (Lipinski definition) is 1. The summed E-state index contributed by atoms with van der Waals surface area (Å²) in [7, 11) is 0. The topological polar surface area (TPSA) is 86.6 Å². The number of aryl methyl sites for hydroxylation is 1. The van der Waals surface area contributed by atoms with Gasteiger partial charge in [0, 0.05) is 17.3 Å². The second kappa shape index (κ2) is 11.3. The normalized spacial score (nSPS) is 11.7. The van der Waals surface area contributed by atoms with Crippen LogP contribution in [0.25, 0.3) is 10.8 Å². The highest BCUT2D eigenvalue weighted by Crippen LogP contribution is 2.24. The zero-order chi connectivity index (χ0) is 23.8. The maximum Gasteiger partial charge on any atom is 0.347 e. The molecule has 0 aliphatic carbocycles. The van der Waals surface area contributed by atoms with Gasteiger partial charge in [0.15, 0.2) is 6.10 Å². The van der Waals surface area contributed by atoms with Crippen LogP contribution in [0.4, 0.5) is 5.69 Å². The van der Waals surface area contributed by atoms with Crippen LogP contribution in [0.15, 0.2) is 59.5 Å². The van der Waals surface area contributed by atoms with E-state index in [4.69, 9.17) is 9.47 Å². The van der Waals surface area contributed by atoms with Crippen LogP contribution in [0.2, 0.25) is 0 Å². The maximum atomic E-state index is 13.0. The van der Waals surface area contributed by atoms with Crippen molar-refractivity contribution in [1.29, 1.82) is 0 Å². The van der Waals surface area contributed by atoms with Crippen molar-refractivity contribution >= 4 is 28.3 Å². The van der Waals surface area contributed by atoms with Crippen LogP contribution in [-0.2, 0) is 27.3 Å². The quantitative estimate of drug-likeness (QED) is 0.465. The first-order chi connectivity index (χ1) is 15.9. The number of amides is 1. The van der Waals surface area contributed by atoms with Crippen molar-refractivity contribution in [2.24, 2.45) is 0 Å². The number of aromatic nitrogens is 1. The average Bonchev–Trinajstić information content (AvgIpc) is 2.81. The molecule has 1 aromatic heterocycles. The number of esters is 1. The third-order valence-corrected chi connectivity index (χ3v) is 5.27. The summed E-state index contributed by atoms with van der Waals surface area (Å²) in [6, 6.07) is 14.5. The minimum atomic E-state index is -0.808. The van der Waals surface area contributed by atoms with Crippen molar-refractivity contribution in [2.75, 3.05) is 11.9 Å². The Kier molecular flexibility index (Phi) is 8.24. The SMILES string of the molecule is CCCCc1ccc(NC(=O)Cn2ccc3c(O[C@H](C)C(=O)OCC)cccc3c2=O)cc1. The minimum Gasteiger partial charge on any atom is -0.478 e. The van der Waals surface area contributed by atoms with Gasteiger partial charge >= 0.3 is 5.97 Å². The summed E-state index contributed by atoms with van der Waals surface area (Å²) in [5.41, 5.74) is 1.61. The second-order valence-corrected chi connectivity index (χ2v) is 7.83. The Morgan fingerprint density at radius 2 is 1.79 bits per heavy atom. The summed E-state index contributed by atoms with van der Waals surface area (Å²) in [6.45, 7) is 5.62. The Morgan fingerprint density at radius 1 is 1.03 bits per heavy atom. The fourth-order valence-corrected chi connectivity index (χ4v) is 3.51. The van der Waals surface area contributed by atoms with E-state index in [-0.39, 0.29) is 24.6 Å². The summed E-state index contributed by atoms with van der Waals surface area (Å²) in [5.74, 6) is -0.357. The van der Waals surface area contributed by atoms with Gasteiger partial charge in [-0.15, -0.1) is 0 Å². The Labute approximate surface area is 193 Å². The minimum absolute atomic E-state index is 0.114. The lowest BCUT2D eigenvalue weighted by atomic mass is 10.1. The highest BCUT2D eigenvalue weighted by atomic mass is 16.6. The Bertz CT molecular complexity index is 1170. The summed E-state index contributed by atoms with van der Waals surface area (Å²) in [5, 5.41) is 3.81. The van der Waals surface area contributed by atoms with E-state index in [1.165, 1.54) is 10.1 Å². The number of pyridine rings is 1. The van der Waals surface area contributed by atoms with Crippen molar-refractivity contribution in [2.45, 2.75) is 52.7 Å². The molecule has 7 nitrogen and oxygen atoms in total. The number of ether oxygens (including phenoxy) is 2. The van der Waals surface area contributed by atoms with Gasteiger partial charge in [0.05, 0.1) is 12.0 Å². The number of benzene rings is 2. The molecule has 174 valence electrons. The van der Waals surface area contributed by atoms with Crippen LogP contribution < -0.4 is 15.6 Å². The third-order valence-electron chi connectivity index (χ3n) is 5.27. The van der Waals surface area contributed by atoms with Gasteiger partial charge in [0.25, 0.3) is 5.56 Å². The van der Waals surface area contributed by atoms with E-state index in [2.05, 4.69) is 12.2 Å². The van der Waals surface area contributed by atoms with Crippen LogP contribution in [-0.4, -0.2) is 29.2 Å². The van der Waals surface area contributed by atoms with E-state index >= 15 is 0 Å². The number of rotatable bonds is 10. The molecule has 7 heteroatoms. The van der Waals surface area contributed by atoms with E-state index in [0.29, 0.717) is 22.2 Å². The summed E-state index contributed by atoms with van der Waals surface area (Å²) in [4.78, 5) is 37.4. The van der Waals surface area contributed by atoms with Gasteiger partial charge < -0.3 is 19.4 Å². The molecule has 3 rings (SSSR count). The van der Waals surface area contributed by atoms with Gasteiger partial charge in [-0.25, -0.2) is 4.79 Å². The highest BCUT2D eigenvalue weighted by Gasteiger charge is 2.18. The molecule has 33 heavy (non-hydrogen) atoms. The van der Waals surface area contributed by atoms with Crippen LogP contribution in [0.1, 0.15) is 39.2 Å². The molecule has 0 radical (unpaired) electrons. The second-order valence-electron chi connectivity index (χ2n) is 7.83. The number of unbranched alkanes of at least 4 members (excludes halogenated alkanes) is 1. The van der Waals surface area contributed by atoms with Crippen LogP contribution in [0.5, 0.6) is 5.75 Å². The maximum absolute atomic E-state index is 13.0. The van der Waals surface area contributed by atoms with Gasteiger partial charge in [0.2, 0.25) is 5.91 Å². The van der Waals surface area contributed by atoms with Crippen molar-refractivity contribution in [3.63, 3.8) is 0 Å². The van der Waals surface area contributed by atoms with E-state index in [1.807, 2.05) is 24.3 Å². The lowest BCUT2D eigenvalue weighted by molar-refractivity contribution is -0.150. The molecule has 0 bridgehead atoms. The molecule has 1 amide bonds. The molecule has 0 aliphatic rings. The molecule has 0 aliphatic heterocycles. The van der Waals surface area contributed by atoms with Crippen molar-refractivity contribution in [3.8, 4) is 5.75 Å². The molecular weight excluding hydrogens is 420 g/mol. The standard InChI is InChI=1S/C26H30N2O5/c1-4-6-8-19-11-13-20(14-12-19)27-24(29)17-28-16-15-21-22(25(28)30)9-7-10-23(21)33-18(3)26(31)32-5-2/h7,9-16,18H,4-6,8,17H2,1-3H3,(H,27,29)/t18-/m1/s1. The van der Waals surface area contributed by atoms with Crippen molar-refractivity contribution in [3.05, 3.63) is 70.6 Å². The molecule has 0 fully saturated rings. The summed E-state index contributed by atoms with van der Waals surface area (Å²) in [6.07, 6.45) is 4.03. The van der Waals surface area contributed by atoms with Crippen molar-refractivity contribution in [1.82, 2.24) is 4.57 Å². The Hall–Kier alpha value is -3.61.